The van der Waals surface area contributed by atoms with E-state index in [0.717, 1.165) is 11.3 Å². The maximum atomic E-state index is 13.7. The molecule has 3 aliphatic rings. The van der Waals surface area contributed by atoms with Gasteiger partial charge in [-0.2, -0.15) is 0 Å². The smallest absolute Gasteiger partial charge is 0.338 e. The zero-order chi connectivity index (χ0) is 27.4. The van der Waals surface area contributed by atoms with Crippen molar-refractivity contribution in [2.24, 2.45) is 4.99 Å². The lowest BCUT2D eigenvalue weighted by molar-refractivity contribution is -0.139. The van der Waals surface area contributed by atoms with Gasteiger partial charge in [0.05, 0.1) is 57.8 Å². The summed E-state index contributed by atoms with van der Waals surface area (Å²) in [7, 11) is 3.15. The number of esters is 1. The average molecular weight is 550 g/mol. The van der Waals surface area contributed by atoms with E-state index in [9.17, 15) is 9.59 Å². The topological polar surface area (TPSA) is 89.9 Å². The highest BCUT2D eigenvalue weighted by molar-refractivity contribution is 8.16. The van der Waals surface area contributed by atoms with Gasteiger partial charge in [0.1, 0.15) is 0 Å². The Morgan fingerprint density at radius 3 is 2.51 bits per heavy atom. The maximum Gasteiger partial charge on any atom is 0.338 e. The third-order valence-corrected chi connectivity index (χ3v) is 7.67. The summed E-state index contributed by atoms with van der Waals surface area (Å²) in [5, 5.41) is 2.61. The first-order chi connectivity index (χ1) is 19.1. The Morgan fingerprint density at radius 1 is 1.05 bits per heavy atom. The van der Waals surface area contributed by atoms with E-state index in [1.165, 1.54) is 11.8 Å². The Morgan fingerprint density at radius 2 is 1.82 bits per heavy atom. The molecular formula is C29H31N3O6S. The summed E-state index contributed by atoms with van der Waals surface area (Å²) in [5.74, 6) is 0.546. The van der Waals surface area contributed by atoms with Gasteiger partial charge >= 0.3 is 5.97 Å². The van der Waals surface area contributed by atoms with E-state index in [1.54, 1.807) is 21.1 Å². The zero-order valence-electron chi connectivity index (χ0n) is 22.2. The quantitative estimate of drug-likeness (QED) is 0.452. The molecule has 0 aromatic heterocycles. The molecule has 0 bridgehead atoms. The number of fused-ring (bicyclic) bond motifs is 1. The average Bonchev–Trinajstić information content (AvgIpc) is 3.38. The number of methoxy groups -OCH3 is 2. The molecule has 0 N–H and O–H groups in total. The predicted octanol–water partition coefficient (Wildman–Crippen LogP) is 4.23. The number of rotatable bonds is 8. The second-order valence-corrected chi connectivity index (χ2v) is 9.83. The van der Waals surface area contributed by atoms with Crippen LogP contribution in [0, 0.1) is 0 Å². The number of amidine groups is 1. The summed E-state index contributed by atoms with van der Waals surface area (Å²) in [4.78, 5) is 35.8. The molecule has 2 aromatic rings. The fraction of sp³-hybridized carbons (Fsp3) is 0.345. The molecule has 3 aliphatic heterocycles. The molecule has 3 heterocycles. The minimum Gasteiger partial charge on any atom is -0.493 e. The number of para-hydroxylation sites is 1. The van der Waals surface area contributed by atoms with Gasteiger partial charge in [0.15, 0.2) is 16.7 Å². The Kier molecular flexibility index (Phi) is 8.23. The summed E-state index contributed by atoms with van der Waals surface area (Å²) < 4.78 is 22.4. The van der Waals surface area contributed by atoms with Crippen LogP contribution in [-0.4, -0.2) is 74.0 Å². The van der Waals surface area contributed by atoms with Gasteiger partial charge in [-0.3, -0.25) is 4.79 Å². The van der Waals surface area contributed by atoms with Gasteiger partial charge < -0.3 is 28.7 Å². The van der Waals surface area contributed by atoms with Gasteiger partial charge in [-0.1, -0.05) is 54.2 Å². The van der Waals surface area contributed by atoms with Crippen molar-refractivity contribution < 1.29 is 28.5 Å². The number of amides is 1. The monoisotopic (exact) mass is 549 g/mol. The van der Waals surface area contributed by atoms with Crippen LogP contribution >= 0.6 is 11.8 Å². The SMILES string of the molecule is CCOC(=O)C1=C(c2ccccc2)N=C2SC=C(CC(=O)N3CCOCC3)N2[C@@H]1c1cccc(OC)c1OC. The summed E-state index contributed by atoms with van der Waals surface area (Å²) >= 11 is 1.43. The van der Waals surface area contributed by atoms with Crippen molar-refractivity contribution >= 4 is 34.5 Å². The molecule has 0 saturated carbocycles. The van der Waals surface area contributed by atoms with E-state index in [4.69, 9.17) is 23.9 Å². The number of ether oxygens (including phenoxy) is 4. The van der Waals surface area contributed by atoms with E-state index in [1.807, 2.05) is 63.7 Å². The molecule has 9 nitrogen and oxygen atoms in total. The summed E-state index contributed by atoms with van der Waals surface area (Å²) in [5.41, 5.74) is 3.13. The van der Waals surface area contributed by atoms with Gasteiger partial charge in [-0.15, -0.1) is 0 Å². The fourth-order valence-electron chi connectivity index (χ4n) is 4.99. The molecule has 1 atom stereocenters. The van der Waals surface area contributed by atoms with Crippen molar-refractivity contribution in [3.8, 4) is 11.5 Å². The lowest BCUT2D eigenvalue weighted by atomic mass is 9.90. The molecule has 5 rings (SSSR count). The van der Waals surface area contributed by atoms with Crippen LogP contribution in [0.1, 0.15) is 30.5 Å². The van der Waals surface area contributed by atoms with Crippen LogP contribution in [0.15, 0.2) is 70.2 Å². The second-order valence-electron chi connectivity index (χ2n) is 9.00. The molecule has 0 spiro atoms. The Balaban J connectivity index is 1.67. The predicted molar refractivity (Wildman–Crippen MR) is 149 cm³/mol. The highest BCUT2D eigenvalue weighted by atomic mass is 32.2. The molecule has 0 unspecified atom stereocenters. The highest BCUT2D eigenvalue weighted by Gasteiger charge is 2.44. The molecule has 1 fully saturated rings. The molecule has 2 aromatic carbocycles. The highest BCUT2D eigenvalue weighted by Crippen LogP contribution is 2.50. The van der Waals surface area contributed by atoms with Crippen LogP contribution < -0.4 is 9.47 Å². The molecular weight excluding hydrogens is 518 g/mol. The van der Waals surface area contributed by atoms with E-state index < -0.39 is 12.0 Å². The van der Waals surface area contributed by atoms with Crippen LogP contribution in [0.3, 0.4) is 0 Å². The van der Waals surface area contributed by atoms with Gasteiger partial charge in [0, 0.05) is 29.9 Å². The third-order valence-electron chi connectivity index (χ3n) is 6.78. The number of thioether (sulfide) groups is 1. The zero-order valence-corrected chi connectivity index (χ0v) is 23.0. The summed E-state index contributed by atoms with van der Waals surface area (Å²) in [6.45, 7) is 4.14. The minimum absolute atomic E-state index is 0.00159. The minimum atomic E-state index is -0.671. The van der Waals surface area contributed by atoms with Crippen molar-refractivity contribution in [1.82, 2.24) is 9.80 Å². The van der Waals surface area contributed by atoms with Crippen LogP contribution in [-0.2, 0) is 19.1 Å². The number of morpholine rings is 1. The van der Waals surface area contributed by atoms with Crippen molar-refractivity contribution in [1.29, 1.82) is 0 Å². The molecule has 39 heavy (non-hydrogen) atoms. The number of carbonyl (C=O) groups is 2. The number of aliphatic imine (C=N–C) groups is 1. The van der Waals surface area contributed by atoms with Crippen molar-refractivity contribution in [2.45, 2.75) is 19.4 Å². The Bertz CT molecular complexity index is 1330. The van der Waals surface area contributed by atoms with Crippen molar-refractivity contribution in [3.05, 3.63) is 76.3 Å². The van der Waals surface area contributed by atoms with Gasteiger partial charge in [-0.25, -0.2) is 9.79 Å². The molecule has 204 valence electrons. The van der Waals surface area contributed by atoms with E-state index in [-0.39, 0.29) is 18.9 Å². The van der Waals surface area contributed by atoms with Gasteiger partial charge in [-0.05, 0) is 18.4 Å². The van der Waals surface area contributed by atoms with Gasteiger partial charge in [0.2, 0.25) is 5.91 Å². The Labute approximate surface area is 232 Å². The number of hydrogen-bond donors (Lipinski definition) is 0. The van der Waals surface area contributed by atoms with Crippen molar-refractivity contribution in [3.63, 3.8) is 0 Å². The summed E-state index contributed by atoms with van der Waals surface area (Å²) in [6.07, 6.45) is 0.158. The summed E-state index contributed by atoms with van der Waals surface area (Å²) in [6, 6.07) is 14.5. The Hall–Kier alpha value is -3.76. The maximum absolute atomic E-state index is 13.7. The van der Waals surface area contributed by atoms with Crippen LogP contribution in [0.2, 0.25) is 0 Å². The van der Waals surface area contributed by atoms with Gasteiger partial charge in [0.25, 0.3) is 0 Å². The fourth-order valence-corrected chi connectivity index (χ4v) is 5.91. The largest absolute Gasteiger partial charge is 0.493 e. The second kappa shape index (κ2) is 12.0. The van der Waals surface area contributed by atoms with E-state index in [0.29, 0.717) is 59.8 Å². The third kappa shape index (κ3) is 5.26. The van der Waals surface area contributed by atoms with E-state index >= 15 is 0 Å². The van der Waals surface area contributed by atoms with Crippen LogP contribution in [0.4, 0.5) is 0 Å². The van der Waals surface area contributed by atoms with E-state index in [2.05, 4.69) is 0 Å². The first-order valence-electron chi connectivity index (χ1n) is 12.8. The first kappa shape index (κ1) is 26.8. The first-order valence-corrected chi connectivity index (χ1v) is 13.7. The molecule has 10 heteroatoms. The number of hydrogen-bond acceptors (Lipinski definition) is 9. The standard InChI is InChI=1S/C29H31N3O6S/c1-4-38-28(34)24-25(19-9-6-5-7-10-19)30-29-32(26(24)21-11-8-12-22(35-2)27(21)36-3)20(18-39-29)17-23(33)31-13-15-37-16-14-31/h5-12,18,26H,4,13-17H2,1-3H3/t26-/m1/s1. The molecule has 1 amide bonds. The van der Waals surface area contributed by atoms with Crippen molar-refractivity contribution in [2.75, 3.05) is 47.1 Å². The normalized spacial score (nSPS) is 18.8. The molecule has 0 aliphatic carbocycles. The number of benzene rings is 2. The van der Waals surface area contributed by atoms with Crippen LogP contribution in [0.5, 0.6) is 11.5 Å². The van der Waals surface area contributed by atoms with Crippen LogP contribution in [0.25, 0.3) is 5.70 Å². The molecule has 1 saturated heterocycles. The molecule has 0 radical (unpaired) electrons. The lowest BCUT2D eigenvalue weighted by Crippen LogP contribution is -2.42. The lowest BCUT2D eigenvalue weighted by Gasteiger charge is -2.38. The number of nitrogens with zero attached hydrogens (tertiary/aromatic N) is 3. The number of carbonyl (C=O) groups excluding carboxylic acids is 2.